The molecule has 0 saturated carbocycles. The molecule has 5 rings (SSSR count). The van der Waals surface area contributed by atoms with Crippen LogP contribution >= 0.6 is 12.6 Å². The third kappa shape index (κ3) is 3.71. The van der Waals surface area contributed by atoms with Crippen molar-refractivity contribution in [2.75, 3.05) is 5.32 Å². The Labute approximate surface area is 185 Å². The fourth-order valence-corrected chi connectivity index (χ4v) is 3.82. The Bertz CT molecular complexity index is 1380. The summed E-state index contributed by atoms with van der Waals surface area (Å²) in [5, 5.41) is 8.88. The highest BCUT2D eigenvalue weighted by molar-refractivity contribution is 7.80. The molecule has 4 aromatic carbocycles. The molecule has 0 fully saturated rings. The van der Waals surface area contributed by atoms with E-state index in [9.17, 15) is 4.79 Å². The van der Waals surface area contributed by atoms with Gasteiger partial charge in [-0.15, -0.1) is 12.6 Å². The molecule has 0 aliphatic carbocycles. The summed E-state index contributed by atoms with van der Waals surface area (Å²) in [5.74, 6) is -0.177. The topological polar surface area (TPSA) is 46.9 Å². The summed E-state index contributed by atoms with van der Waals surface area (Å²) >= 11 is 4.39. The predicted octanol–water partition coefficient (Wildman–Crippen LogP) is 6.23. The van der Waals surface area contributed by atoms with Crippen LogP contribution in [0.25, 0.3) is 27.8 Å². The monoisotopic (exact) mass is 421 g/mol. The zero-order chi connectivity index (χ0) is 21.2. The van der Waals surface area contributed by atoms with E-state index in [1.807, 2.05) is 83.5 Å². The lowest BCUT2D eigenvalue weighted by molar-refractivity contribution is 0.102. The van der Waals surface area contributed by atoms with Crippen LogP contribution in [-0.4, -0.2) is 15.7 Å². The van der Waals surface area contributed by atoms with Gasteiger partial charge in [-0.25, -0.2) is 4.68 Å². The lowest BCUT2D eigenvalue weighted by Crippen LogP contribution is -2.12. The normalized spacial score (nSPS) is 10.9. The Morgan fingerprint density at radius 2 is 1.45 bits per heavy atom. The van der Waals surface area contributed by atoms with Crippen LogP contribution in [0.5, 0.6) is 0 Å². The molecule has 4 nitrogen and oxygen atoms in total. The molecular weight excluding hydrogens is 402 g/mol. The minimum Gasteiger partial charge on any atom is -0.321 e. The van der Waals surface area contributed by atoms with Crippen molar-refractivity contribution in [1.29, 1.82) is 0 Å². The first kappa shape index (κ1) is 19.2. The number of rotatable bonds is 4. The van der Waals surface area contributed by atoms with Gasteiger partial charge in [0.1, 0.15) is 5.69 Å². The average Bonchev–Trinajstić information content (AvgIpc) is 3.21. The van der Waals surface area contributed by atoms with E-state index >= 15 is 0 Å². The summed E-state index contributed by atoms with van der Waals surface area (Å²) in [4.78, 5) is 13.4. The van der Waals surface area contributed by atoms with E-state index in [2.05, 4.69) is 42.2 Å². The largest absolute Gasteiger partial charge is 0.321 e. The minimum atomic E-state index is -0.177. The van der Waals surface area contributed by atoms with Crippen molar-refractivity contribution in [3.63, 3.8) is 0 Å². The van der Waals surface area contributed by atoms with Gasteiger partial charge in [0.25, 0.3) is 5.91 Å². The summed E-state index contributed by atoms with van der Waals surface area (Å²) in [6, 6.07) is 33.2. The van der Waals surface area contributed by atoms with E-state index < -0.39 is 0 Å². The van der Waals surface area contributed by atoms with Gasteiger partial charge in [0.15, 0.2) is 0 Å². The number of hydrogen-bond donors (Lipinski definition) is 2. The second-order valence-electron chi connectivity index (χ2n) is 7.16. The number of nitrogens with zero attached hydrogens (tertiary/aromatic N) is 2. The highest BCUT2D eigenvalue weighted by Crippen LogP contribution is 2.29. The Morgan fingerprint density at radius 3 is 2.23 bits per heavy atom. The second-order valence-corrected chi connectivity index (χ2v) is 7.64. The molecule has 5 heteroatoms. The third-order valence-corrected chi connectivity index (χ3v) is 5.55. The summed E-state index contributed by atoms with van der Waals surface area (Å²) in [6.45, 7) is 0. The molecule has 0 bridgehead atoms. The molecule has 0 aliphatic heterocycles. The first-order valence-electron chi connectivity index (χ1n) is 9.94. The number of benzene rings is 4. The molecule has 1 heterocycles. The fourth-order valence-electron chi connectivity index (χ4n) is 3.60. The molecule has 31 heavy (non-hydrogen) atoms. The number of hydrogen-bond acceptors (Lipinski definition) is 3. The molecule has 0 radical (unpaired) electrons. The van der Waals surface area contributed by atoms with Gasteiger partial charge in [-0.2, -0.15) is 5.10 Å². The van der Waals surface area contributed by atoms with Gasteiger partial charge < -0.3 is 5.32 Å². The smallest absolute Gasteiger partial charge is 0.255 e. The van der Waals surface area contributed by atoms with Crippen LogP contribution in [0.2, 0.25) is 0 Å². The van der Waals surface area contributed by atoms with Crippen LogP contribution in [-0.2, 0) is 0 Å². The predicted molar refractivity (Wildman–Crippen MR) is 128 cm³/mol. The van der Waals surface area contributed by atoms with E-state index in [-0.39, 0.29) is 5.91 Å². The number of fused-ring (bicyclic) bond motifs is 1. The Morgan fingerprint density at radius 1 is 0.774 bits per heavy atom. The number of aromatic nitrogens is 2. The van der Waals surface area contributed by atoms with Gasteiger partial charge in [0.05, 0.1) is 16.9 Å². The van der Waals surface area contributed by atoms with E-state index in [4.69, 9.17) is 5.10 Å². The second kappa shape index (κ2) is 8.13. The lowest BCUT2D eigenvalue weighted by Gasteiger charge is -2.09. The number of nitrogens with one attached hydrogen (secondary N) is 1. The van der Waals surface area contributed by atoms with Crippen molar-refractivity contribution in [3.05, 3.63) is 109 Å². The van der Waals surface area contributed by atoms with Crippen molar-refractivity contribution < 1.29 is 4.79 Å². The first-order chi connectivity index (χ1) is 15.2. The lowest BCUT2D eigenvalue weighted by atomic mass is 10.1. The van der Waals surface area contributed by atoms with Crippen LogP contribution < -0.4 is 5.32 Å². The molecule has 1 N–H and O–H groups in total. The zero-order valence-electron chi connectivity index (χ0n) is 16.6. The van der Waals surface area contributed by atoms with Gasteiger partial charge in [0, 0.05) is 21.4 Å². The summed E-state index contributed by atoms with van der Waals surface area (Å²) in [7, 11) is 0. The number of carbonyl (C=O) groups is 1. The van der Waals surface area contributed by atoms with E-state index in [0.29, 0.717) is 11.3 Å². The Hall–Kier alpha value is -3.83. The van der Waals surface area contributed by atoms with E-state index in [1.165, 1.54) is 0 Å². The minimum absolute atomic E-state index is 0.177. The van der Waals surface area contributed by atoms with Gasteiger partial charge in [0.2, 0.25) is 0 Å². The van der Waals surface area contributed by atoms with Crippen LogP contribution in [0.1, 0.15) is 10.4 Å². The maximum atomic E-state index is 12.6. The first-order valence-corrected chi connectivity index (χ1v) is 10.4. The number of anilines is 1. The number of thiol groups is 1. The van der Waals surface area contributed by atoms with Gasteiger partial charge in [-0.1, -0.05) is 60.7 Å². The fraction of sp³-hybridized carbons (Fsp3) is 0. The summed E-state index contributed by atoms with van der Waals surface area (Å²) in [5.41, 5.74) is 5.17. The Balaban J connectivity index is 1.49. The molecule has 150 valence electrons. The maximum absolute atomic E-state index is 12.6. The van der Waals surface area contributed by atoms with Crippen LogP contribution in [0.3, 0.4) is 0 Å². The average molecular weight is 422 g/mol. The highest BCUT2D eigenvalue weighted by atomic mass is 32.1. The van der Waals surface area contributed by atoms with Crippen LogP contribution in [0.4, 0.5) is 5.69 Å². The molecule has 0 atom stereocenters. The number of amides is 1. The standard InChI is InChI=1S/C26H19N3OS/c30-26(27-22-11-5-7-13-24(22)31)19-14-16-20(17-15-19)29-23-12-6-4-10-21(23)25(28-29)18-8-2-1-3-9-18/h1-17,31H,(H,27,30). The molecular formula is C26H19N3OS. The van der Waals surface area contributed by atoms with Gasteiger partial charge in [-0.05, 0) is 42.5 Å². The third-order valence-electron chi connectivity index (χ3n) is 5.16. The van der Waals surface area contributed by atoms with Crippen molar-refractivity contribution in [3.8, 4) is 16.9 Å². The van der Waals surface area contributed by atoms with E-state index in [0.717, 1.165) is 32.7 Å². The molecule has 1 amide bonds. The number of para-hydroxylation sites is 2. The zero-order valence-corrected chi connectivity index (χ0v) is 17.5. The van der Waals surface area contributed by atoms with Crippen LogP contribution in [0, 0.1) is 0 Å². The van der Waals surface area contributed by atoms with Gasteiger partial charge in [-0.3, -0.25) is 4.79 Å². The van der Waals surface area contributed by atoms with Crippen molar-refractivity contribution in [2.24, 2.45) is 0 Å². The number of carbonyl (C=O) groups excluding carboxylic acids is 1. The van der Waals surface area contributed by atoms with Crippen LogP contribution in [0.15, 0.2) is 108 Å². The van der Waals surface area contributed by atoms with E-state index in [1.54, 1.807) is 0 Å². The molecule has 5 aromatic rings. The van der Waals surface area contributed by atoms with Gasteiger partial charge >= 0.3 is 0 Å². The quantitative estimate of drug-likeness (QED) is 0.338. The summed E-state index contributed by atoms with van der Waals surface area (Å²) in [6.07, 6.45) is 0. The van der Waals surface area contributed by atoms with Crippen molar-refractivity contribution in [1.82, 2.24) is 9.78 Å². The maximum Gasteiger partial charge on any atom is 0.255 e. The molecule has 0 aliphatic rings. The Kier molecular flexibility index (Phi) is 5.02. The SMILES string of the molecule is O=C(Nc1ccccc1S)c1ccc(-n2nc(-c3ccccc3)c3ccccc32)cc1. The highest BCUT2D eigenvalue weighted by Gasteiger charge is 2.14. The van der Waals surface area contributed by atoms with Crippen molar-refractivity contribution in [2.45, 2.75) is 4.90 Å². The molecule has 0 saturated heterocycles. The summed E-state index contributed by atoms with van der Waals surface area (Å²) < 4.78 is 1.92. The molecule has 0 unspecified atom stereocenters. The molecule has 1 aromatic heterocycles. The molecule has 0 spiro atoms. The van der Waals surface area contributed by atoms with Crippen molar-refractivity contribution >= 4 is 35.1 Å².